The van der Waals surface area contributed by atoms with E-state index in [2.05, 4.69) is 5.10 Å². The molecule has 88 valence electrons. The summed E-state index contributed by atoms with van der Waals surface area (Å²) in [5.74, 6) is 0.303. The van der Waals surface area contributed by atoms with E-state index < -0.39 is 4.92 Å². The van der Waals surface area contributed by atoms with Crippen LogP contribution in [0.25, 0.3) is 5.69 Å². The number of aryl methyl sites for hydroxylation is 1. The highest BCUT2D eigenvalue weighted by molar-refractivity contribution is 6.30. The van der Waals surface area contributed by atoms with Crippen molar-refractivity contribution < 1.29 is 4.92 Å². The van der Waals surface area contributed by atoms with Crippen LogP contribution in [0.2, 0.25) is 5.02 Å². The van der Waals surface area contributed by atoms with Gasteiger partial charge in [-0.25, -0.2) is 4.68 Å². The number of nitrogens with zero attached hydrogens (tertiary/aromatic N) is 3. The summed E-state index contributed by atoms with van der Waals surface area (Å²) < 4.78 is 1.40. The zero-order valence-electron chi connectivity index (χ0n) is 8.92. The number of hydrogen-bond acceptors (Lipinski definition) is 4. The predicted molar refractivity (Wildman–Crippen MR) is 64.4 cm³/mol. The minimum absolute atomic E-state index is 0.0689. The van der Waals surface area contributed by atoms with E-state index in [-0.39, 0.29) is 5.69 Å². The van der Waals surface area contributed by atoms with Crippen molar-refractivity contribution in [1.29, 1.82) is 0 Å². The summed E-state index contributed by atoms with van der Waals surface area (Å²) in [5, 5.41) is 15.3. The number of nitro groups is 1. The SMILES string of the molecule is Cc1cc(N)nn1-c1cc(Cl)ccc1[N+](=O)[O-]. The van der Waals surface area contributed by atoms with Gasteiger partial charge in [-0.15, -0.1) is 0 Å². The van der Waals surface area contributed by atoms with E-state index in [0.29, 0.717) is 22.2 Å². The highest BCUT2D eigenvalue weighted by atomic mass is 35.5. The smallest absolute Gasteiger partial charge is 0.294 e. The third kappa shape index (κ3) is 2.07. The molecular weight excluding hydrogens is 244 g/mol. The minimum atomic E-state index is -0.483. The highest BCUT2D eigenvalue weighted by Gasteiger charge is 2.18. The van der Waals surface area contributed by atoms with E-state index >= 15 is 0 Å². The summed E-state index contributed by atoms with van der Waals surface area (Å²) >= 11 is 5.84. The molecule has 1 aromatic carbocycles. The van der Waals surface area contributed by atoms with Crippen molar-refractivity contribution in [1.82, 2.24) is 9.78 Å². The summed E-state index contributed by atoms with van der Waals surface area (Å²) in [7, 11) is 0. The predicted octanol–water partition coefficient (Wildman–Crippen LogP) is 2.32. The Balaban J connectivity index is 2.69. The van der Waals surface area contributed by atoms with Gasteiger partial charge in [-0.2, -0.15) is 5.10 Å². The first-order chi connectivity index (χ1) is 7.99. The molecule has 2 N–H and O–H groups in total. The lowest BCUT2D eigenvalue weighted by molar-refractivity contribution is -0.384. The molecule has 0 saturated carbocycles. The van der Waals surface area contributed by atoms with Crippen LogP contribution < -0.4 is 5.73 Å². The highest BCUT2D eigenvalue weighted by Crippen LogP contribution is 2.27. The van der Waals surface area contributed by atoms with Gasteiger partial charge in [0.25, 0.3) is 5.69 Å². The maximum Gasteiger partial charge on any atom is 0.294 e. The summed E-state index contributed by atoms with van der Waals surface area (Å²) in [4.78, 5) is 10.4. The third-order valence-electron chi connectivity index (χ3n) is 2.27. The fourth-order valence-electron chi connectivity index (χ4n) is 1.56. The van der Waals surface area contributed by atoms with Gasteiger partial charge in [0.1, 0.15) is 11.5 Å². The average molecular weight is 253 g/mol. The topological polar surface area (TPSA) is 87.0 Å². The lowest BCUT2D eigenvalue weighted by Crippen LogP contribution is -2.03. The number of nitro benzene ring substituents is 1. The van der Waals surface area contributed by atoms with Crippen molar-refractivity contribution >= 4 is 23.1 Å². The van der Waals surface area contributed by atoms with Crippen LogP contribution in [0.3, 0.4) is 0 Å². The van der Waals surface area contributed by atoms with E-state index in [9.17, 15) is 10.1 Å². The van der Waals surface area contributed by atoms with Crippen LogP contribution in [0.1, 0.15) is 5.69 Å². The molecule has 1 aromatic heterocycles. The largest absolute Gasteiger partial charge is 0.382 e. The van der Waals surface area contributed by atoms with Gasteiger partial charge in [-0.3, -0.25) is 10.1 Å². The van der Waals surface area contributed by atoms with E-state index in [0.717, 1.165) is 0 Å². The molecule has 0 bridgehead atoms. The number of nitrogens with two attached hydrogens (primary N) is 1. The molecule has 0 atom stereocenters. The van der Waals surface area contributed by atoms with Gasteiger partial charge >= 0.3 is 0 Å². The van der Waals surface area contributed by atoms with Gasteiger partial charge in [0.2, 0.25) is 0 Å². The molecule has 1 heterocycles. The molecule has 0 spiro atoms. The van der Waals surface area contributed by atoms with Crippen LogP contribution in [-0.2, 0) is 0 Å². The van der Waals surface area contributed by atoms with E-state index in [4.69, 9.17) is 17.3 Å². The fourth-order valence-corrected chi connectivity index (χ4v) is 1.73. The van der Waals surface area contributed by atoms with Crippen molar-refractivity contribution in [3.05, 3.63) is 45.1 Å². The van der Waals surface area contributed by atoms with Gasteiger partial charge < -0.3 is 5.73 Å². The quantitative estimate of drug-likeness (QED) is 0.656. The molecular formula is C10H9ClN4O2. The number of rotatable bonds is 2. The summed E-state index contributed by atoms with van der Waals surface area (Å²) in [6, 6.07) is 5.92. The second-order valence-electron chi connectivity index (χ2n) is 3.51. The maximum atomic E-state index is 10.9. The van der Waals surface area contributed by atoms with Crippen molar-refractivity contribution in [3.63, 3.8) is 0 Å². The number of anilines is 1. The van der Waals surface area contributed by atoms with Gasteiger partial charge in [-0.05, 0) is 19.1 Å². The molecule has 6 nitrogen and oxygen atoms in total. The Morgan fingerprint density at radius 2 is 2.18 bits per heavy atom. The second-order valence-corrected chi connectivity index (χ2v) is 3.95. The van der Waals surface area contributed by atoms with Crippen LogP contribution >= 0.6 is 11.6 Å². The Bertz CT molecular complexity index is 594. The molecule has 0 aliphatic rings. The number of benzene rings is 1. The molecule has 7 heteroatoms. The lowest BCUT2D eigenvalue weighted by atomic mass is 10.2. The third-order valence-corrected chi connectivity index (χ3v) is 2.50. The molecule has 17 heavy (non-hydrogen) atoms. The molecule has 0 saturated heterocycles. The molecule has 0 radical (unpaired) electrons. The van der Waals surface area contributed by atoms with E-state index in [1.54, 1.807) is 13.0 Å². The van der Waals surface area contributed by atoms with Crippen LogP contribution in [0, 0.1) is 17.0 Å². The fraction of sp³-hybridized carbons (Fsp3) is 0.100. The number of hydrogen-bond donors (Lipinski definition) is 1. The molecule has 0 aliphatic heterocycles. The normalized spacial score (nSPS) is 10.5. The zero-order chi connectivity index (χ0) is 12.6. The van der Waals surface area contributed by atoms with Crippen LogP contribution in [0.5, 0.6) is 0 Å². The van der Waals surface area contributed by atoms with Gasteiger partial charge in [0.05, 0.1) is 4.92 Å². The monoisotopic (exact) mass is 252 g/mol. The van der Waals surface area contributed by atoms with Crippen LogP contribution in [0.4, 0.5) is 11.5 Å². The van der Waals surface area contributed by atoms with Gasteiger partial charge in [0.15, 0.2) is 0 Å². The maximum absolute atomic E-state index is 10.9. The average Bonchev–Trinajstić information content (AvgIpc) is 2.57. The molecule has 2 rings (SSSR count). The molecule has 0 unspecified atom stereocenters. The number of aromatic nitrogens is 2. The molecule has 0 aliphatic carbocycles. The summed E-state index contributed by atoms with van der Waals surface area (Å²) in [6.45, 7) is 1.76. The summed E-state index contributed by atoms with van der Waals surface area (Å²) in [6.07, 6.45) is 0. The Morgan fingerprint density at radius 3 is 2.71 bits per heavy atom. The molecule has 2 aromatic rings. The molecule has 0 amide bonds. The van der Waals surface area contributed by atoms with Crippen LogP contribution in [-0.4, -0.2) is 14.7 Å². The Hall–Kier alpha value is -2.08. The Morgan fingerprint density at radius 1 is 1.47 bits per heavy atom. The van der Waals surface area contributed by atoms with Crippen molar-refractivity contribution in [3.8, 4) is 5.69 Å². The molecule has 0 fully saturated rings. The first-order valence-corrected chi connectivity index (χ1v) is 5.13. The zero-order valence-corrected chi connectivity index (χ0v) is 9.68. The van der Waals surface area contributed by atoms with E-state index in [1.165, 1.54) is 22.9 Å². The number of halogens is 1. The lowest BCUT2D eigenvalue weighted by Gasteiger charge is -2.05. The van der Waals surface area contributed by atoms with Crippen molar-refractivity contribution in [2.75, 3.05) is 5.73 Å². The Labute approximate surface area is 102 Å². The first kappa shape index (κ1) is 11.4. The van der Waals surface area contributed by atoms with Gasteiger partial charge in [0, 0.05) is 22.8 Å². The Kier molecular flexibility index (Phi) is 2.72. The number of nitrogen functional groups attached to an aromatic ring is 1. The summed E-state index contributed by atoms with van der Waals surface area (Å²) in [5.41, 5.74) is 6.48. The van der Waals surface area contributed by atoms with Crippen molar-refractivity contribution in [2.24, 2.45) is 0 Å². The van der Waals surface area contributed by atoms with Gasteiger partial charge in [-0.1, -0.05) is 11.6 Å². The minimum Gasteiger partial charge on any atom is -0.382 e. The standard InChI is InChI=1S/C10H9ClN4O2/c1-6-4-10(12)13-14(6)9-5-7(11)2-3-8(9)15(16)17/h2-5H,1H3,(H2,12,13). The van der Waals surface area contributed by atoms with Crippen LogP contribution in [0.15, 0.2) is 24.3 Å². The van der Waals surface area contributed by atoms with Crippen molar-refractivity contribution in [2.45, 2.75) is 6.92 Å². The first-order valence-electron chi connectivity index (χ1n) is 4.75. The van der Waals surface area contributed by atoms with E-state index in [1.807, 2.05) is 0 Å². The second kappa shape index (κ2) is 4.06.